The monoisotopic (exact) mass is 284 g/mol. The molecule has 0 unspecified atom stereocenters. The number of anilines is 1. The van der Waals surface area contributed by atoms with Gasteiger partial charge < -0.3 is 15.4 Å². The summed E-state index contributed by atoms with van der Waals surface area (Å²) in [6.45, 7) is 3.79. The van der Waals surface area contributed by atoms with Gasteiger partial charge in [-0.15, -0.1) is 0 Å². The van der Waals surface area contributed by atoms with Crippen molar-refractivity contribution in [3.8, 4) is 11.6 Å². The van der Waals surface area contributed by atoms with Crippen LogP contribution >= 0.6 is 0 Å². The lowest BCUT2D eigenvalue weighted by molar-refractivity contribution is 0.460. The van der Waals surface area contributed by atoms with Crippen LogP contribution in [-0.2, 0) is 0 Å². The molecule has 0 aliphatic rings. The smallest absolute Gasteiger partial charge is 0.230 e. The number of nitrogens with one attached hydrogen (secondary N) is 1. The molecule has 1 aromatic carbocycles. The molecule has 1 aromatic heterocycles. The number of pyridine rings is 1. The quantitative estimate of drug-likeness (QED) is 0.668. The van der Waals surface area contributed by atoms with Gasteiger partial charge in [-0.1, -0.05) is 6.07 Å². The fourth-order valence-corrected chi connectivity index (χ4v) is 2.14. The third-order valence-electron chi connectivity index (χ3n) is 3.13. The second-order valence-electron chi connectivity index (χ2n) is 5.17. The molecule has 0 saturated heterocycles. The Morgan fingerprint density at radius 1 is 1.24 bits per heavy atom. The molecule has 2 rings (SSSR count). The number of aryl methyl sites for hydroxylation is 2. The van der Waals surface area contributed by atoms with Crippen molar-refractivity contribution in [1.29, 1.82) is 5.41 Å². The molecule has 0 amide bonds. The van der Waals surface area contributed by atoms with Crippen LogP contribution in [0.4, 0.5) is 5.69 Å². The van der Waals surface area contributed by atoms with E-state index in [0.29, 0.717) is 17.2 Å². The van der Waals surface area contributed by atoms with Crippen LogP contribution in [0.25, 0.3) is 0 Å². The highest BCUT2D eigenvalue weighted by molar-refractivity contribution is 5.98. The van der Waals surface area contributed by atoms with Gasteiger partial charge in [0, 0.05) is 31.5 Å². The molecule has 1 heterocycles. The molecule has 2 aromatic rings. The first kappa shape index (κ1) is 14.8. The SMILES string of the molecule is Cc1cc(C)c(C(=N)N)c(Oc2cccc(N(C)C)c2)n1. The van der Waals surface area contributed by atoms with E-state index in [0.717, 1.165) is 16.9 Å². The van der Waals surface area contributed by atoms with Gasteiger partial charge >= 0.3 is 0 Å². The second kappa shape index (κ2) is 5.83. The third kappa shape index (κ3) is 3.31. The lowest BCUT2D eigenvalue weighted by atomic mass is 10.1. The van der Waals surface area contributed by atoms with Crippen molar-refractivity contribution in [1.82, 2.24) is 4.98 Å². The number of nitrogen functional groups attached to an aromatic ring is 1. The maximum absolute atomic E-state index is 7.71. The average Bonchev–Trinajstić information content (AvgIpc) is 2.37. The van der Waals surface area contributed by atoms with Crippen molar-refractivity contribution in [3.05, 3.63) is 47.2 Å². The van der Waals surface area contributed by atoms with Gasteiger partial charge in [-0.2, -0.15) is 0 Å². The Morgan fingerprint density at radius 2 is 1.95 bits per heavy atom. The molecule has 0 bridgehead atoms. The van der Waals surface area contributed by atoms with Crippen LogP contribution in [0.5, 0.6) is 11.6 Å². The van der Waals surface area contributed by atoms with Crippen molar-refractivity contribution < 1.29 is 4.74 Å². The van der Waals surface area contributed by atoms with Gasteiger partial charge in [-0.05, 0) is 37.6 Å². The first-order chi connectivity index (χ1) is 9.88. The Balaban J connectivity index is 2.44. The van der Waals surface area contributed by atoms with Gasteiger partial charge in [-0.25, -0.2) is 4.98 Å². The zero-order valence-electron chi connectivity index (χ0n) is 12.8. The van der Waals surface area contributed by atoms with Gasteiger partial charge in [0.05, 0.1) is 5.56 Å². The minimum absolute atomic E-state index is 0.0428. The van der Waals surface area contributed by atoms with Crippen LogP contribution in [0, 0.1) is 19.3 Å². The molecule has 0 radical (unpaired) electrons. The Hall–Kier alpha value is -2.56. The molecule has 0 aliphatic carbocycles. The average molecular weight is 284 g/mol. The van der Waals surface area contributed by atoms with Crippen LogP contribution < -0.4 is 15.4 Å². The Morgan fingerprint density at radius 3 is 2.57 bits per heavy atom. The molecule has 0 fully saturated rings. The second-order valence-corrected chi connectivity index (χ2v) is 5.17. The maximum atomic E-state index is 7.71. The molecule has 5 nitrogen and oxygen atoms in total. The number of aromatic nitrogens is 1. The molecule has 5 heteroatoms. The lowest BCUT2D eigenvalue weighted by Gasteiger charge is -2.15. The Kier molecular flexibility index (Phi) is 4.12. The zero-order chi connectivity index (χ0) is 15.6. The van der Waals surface area contributed by atoms with Crippen LogP contribution in [0.3, 0.4) is 0 Å². The minimum atomic E-state index is -0.0428. The number of ether oxygens (including phenoxy) is 1. The summed E-state index contributed by atoms with van der Waals surface area (Å²) in [6, 6.07) is 9.58. The van der Waals surface area contributed by atoms with Crippen molar-refractivity contribution in [2.75, 3.05) is 19.0 Å². The fourth-order valence-electron chi connectivity index (χ4n) is 2.14. The van der Waals surface area contributed by atoms with Crippen LogP contribution in [0.15, 0.2) is 30.3 Å². The number of hydrogen-bond acceptors (Lipinski definition) is 4. The topological polar surface area (TPSA) is 75.2 Å². The number of nitrogens with zero attached hydrogens (tertiary/aromatic N) is 2. The summed E-state index contributed by atoms with van der Waals surface area (Å²) in [5.41, 5.74) is 8.93. The van der Waals surface area contributed by atoms with Crippen LogP contribution in [0.1, 0.15) is 16.8 Å². The molecule has 0 spiro atoms. The summed E-state index contributed by atoms with van der Waals surface area (Å²) in [5.74, 6) is 0.996. The molecular weight excluding hydrogens is 264 g/mol. The van der Waals surface area contributed by atoms with Crippen molar-refractivity contribution in [2.45, 2.75) is 13.8 Å². The fraction of sp³-hybridized carbons (Fsp3) is 0.250. The number of nitrogens with two attached hydrogens (primary N) is 1. The summed E-state index contributed by atoms with van der Waals surface area (Å²) in [4.78, 5) is 6.36. The van der Waals surface area contributed by atoms with Gasteiger partial charge in [0.15, 0.2) is 0 Å². The van der Waals surface area contributed by atoms with E-state index in [1.54, 1.807) is 0 Å². The normalized spacial score (nSPS) is 10.3. The molecular formula is C16H20N4O. The van der Waals surface area contributed by atoms with Crippen molar-refractivity contribution in [2.24, 2.45) is 5.73 Å². The van der Waals surface area contributed by atoms with E-state index in [1.807, 2.05) is 63.2 Å². The van der Waals surface area contributed by atoms with E-state index >= 15 is 0 Å². The van der Waals surface area contributed by atoms with Gasteiger partial charge in [0.1, 0.15) is 11.6 Å². The predicted octanol–water partition coefficient (Wildman–Crippen LogP) is 2.84. The van der Waals surface area contributed by atoms with E-state index in [-0.39, 0.29) is 5.84 Å². The van der Waals surface area contributed by atoms with E-state index in [4.69, 9.17) is 15.9 Å². The first-order valence-electron chi connectivity index (χ1n) is 6.66. The number of hydrogen-bond donors (Lipinski definition) is 2. The molecule has 0 aliphatic heterocycles. The standard InChI is InChI=1S/C16H20N4O/c1-10-8-11(2)19-16(14(10)15(17)18)21-13-7-5-6-12(9-13)20(3)4/h5-9H,1-4H3,(H3,17,18). The van der Waals surface area contributed by atoms with E-state index in [1.165, 1.54) is 0 Å². The van der Waals surface area contributed by atoms with Gasteiger partial charge in [0.25, 0.3) is 0 Å². The molecule has 0 atom stereocenters. The first-order valence-corrected chi connectivity index (χ1v) is 6.66. The van der Waals surface area contributed by atoms with Gasteiger partial charge in [-0.3, -0.25) is 5.41 Å². The Bertz CT molecular complexity index is 680. The Labute approximate surface area is 124 Å². The summed E-state index contributed by atoms with van der Waals surface area (Å²) < 4.78 is 5.86. The zero-order valence-corrected chi connectivity index (χ0v) is 12.8. The highest BCUT2D eigenvalue weighted by atomic mass is 16.5. The van der Waals surface area contributed by atoms with E-state index in [2.05, 4.69) is 4.98 Å². The maximum Gasteiger partial charge on any atom is 0.230 e. The van der Waals surface area contributed by atoms with Crippen molar-refractivity contribution >= 4 is 11.5 Å². The molecule has 0 saturated carbocycles. The number of amidine groups is 1. The highest BCUT2D eigenvalue weighted by Crippen LogP contribution is 2.28. The largest absolute Gasteiger partial charge is 0.438 e. The van der Waals surface area contributed by atoms with Crippen molar-refractivity contribution in [3.63, 3.8) is 0 Å². The third-order valence-corrected chi connectivity index (χ3v) is 3.13. The molecule has 21 heavy (non-hydrogen) atoms. The summed E-state index contributed by atoms with van der Waals surface area (Å²) >= 11 is 0. The van der Waals surface area contributed by atoms with Gasteiger partial charge in [0.2, 0.25) is 5.88 Å². The summed E-state index contributed by atoms with van der Waals surface area (Å²) in [5, 5.41) is 7.71. The number of benzene rings is 1. The predicted molar refractivity (Wildman–Crippen MR) is 85.6 cm³/mol. The van der Waals surface area contributed by atoms with E-state index < -0.39 is 0 Å². The summed E-state index contributed by atoms with van der Waals surface area (Å²) in [7, 11) is 3.93. The number of rotatable bonds is 4. The van der Waals surface area contributed by atoms with Crippen LogP contribution in [-0.4, -0.2) is 24.9 Å². The lowest BCUT2D eigenvalue weighted by Crippen LogP contribution is -2.15. The van der Waals surface area contributed by atoms with Crippen LogP contribution in [0.2, 0.25) is 0 Å². The minimum Gasteiger partial charge on any atom is -0.438 e. The highest BCUT2D eigenvalue weighted by Gasteiger charge is 2.14. The van der Waals surface area contributed by atoms with E-state index in [9.17, 15) is 0 Å². The molecule has 3 N–H and O–H groups in total. The summed E-state index contributed by atoms with van der Waals surface area (Å²) in [6.07, 6.45) is 0. The molecule has 110 valence electrons.